The van der Waals surface area contributed by atoms with Gasteiger partial charge in [-0.05, 0) is 53.7 Å². The maximum absolute atomic E-state index is 11.9. The van der Waals surface area contributed by atoms with Gasteiger partial charge in [-0.25, -0.2) is 0 Å². The van der Waals surface area contributed by atoms with E-state index < -0.39 is 11.8 Å². The Balaban J connectivity index is 1.52. The normalized spacial score (nSPS) is 11.5. The minimum Gasteiger partial charge on any atom is -0.454 e. The molecule has 2 aromatic rings. The van der Waals surface area contributed by atoms with Crippen molar-refractivity contribution in [2.24, 2.45) is 0 Å². The standard InChI is InChI=1S/C17H13N3O4S/c18-9-25-13-4-2-12(3-5-13)20-17(22)16(21)19-8-11-1-6-14-15(7-11)24-10-23-14/h1-7H,8,10H2,(H,19,21)(H,20,22). The highest BCUT2D eigenvalue weighted by Crippen LogP contribution is 2.32. The van der Waals surface area contributed by atoms with Crippen molar-refractivity contribution in [2.75, 3.05) is 12.1 Å². The number of hydrogen-bond acceptors (Lipinski definition) is 6. The number of amides is 2. The summed E-state index contributed by atoms with van der Waals surface area (Å²) in [5.41, 5.74) is 1.27. The van der Waals surface area contributed by atoms with Crippen molar-refractivity contribution >= 4 is 29.3 Å². The zero-order valence-corrected chi connectivity index (χ0v) is 13.8. The number of nitrogens with one attached hydrogen (secondary N) is 2. The average Bonchev–Trinajstić information content (AvgIpc) is 3.09. The van der Waals surface area contributed by atoms with Crippen LogP contribution in [-0.2, 0) is 16.1 Å². The third kappa shape index (κ3) is 4.22. The molecule has 0 spiro atoms. The van der Waals surface area contributed by atoms with Crippen LogP contribution in [0, 0.1) is 10.7 Å². The monoisotopic (exact) mass is 355 g/mol. The predicted molar refractivity (Wildman–Crippen MR) is 91.0 cm³/mol. The van der Waals surface area contributed by atoms with E-state index in [1.807, 2.05) is 5.40 Å². The van der Waals surface area contributed by atoms with Crippen molar-refractivity contribution in [1.29, 1.82) is 5.26 Å². The molecule has 0 bridgehead atoms. The number of benzene rings is 2. The fourth-order valence-corrected chi connectivity index (χ4v) is 2.54. The molecule has 0 atom stereocenters. The Labute approximate surface area is 147 Å². The molecular formula is C17H13N3O4S. The Kier molecular flexibility index (Phi) is 5.06. The Morgan fingerprint density at radius 1 is 1.08 bits per heavy atom. The highest BCUT2D eigenvalue weighted by Gasteiger charge is 2.16. The summed E-state index contributed by atoms with van der Waals surface area (Å²) in [5.74, 6) is -0.230. The van der Waals surface area contributed by atoms with Crippen LogP contribution in [0.2, 0.25) is 0 Å². The van der Waals surface area contributed by atoms with Gasteiger partial charge in [0.05, 0.1) is 0 Å². The van der Waals surface area contributed by atoms with Crippen LogP contribution in [0.4, 0.5) is 5.69 Å². The van der Waals surface area contributed by atoms with Gasteiger partial charge in [0.2, 0.25) is 6.79 Å². The topological polar surface area (TPSA) is 100 Å². The highest BCUT2D eigenvalue weighted by molar-refractivity contribution is 8.03. The van der Waals surface area contributed by atoms with Crippen LogP contribution in [0.15, 0.2) is 47.4 Å². The number of nitriles is 1. The quantitative estimate of drug-likeness (QED) is 0.496. The molecule has 0 radical (unpaired) electrons. The second-order valence-corrected chi connectivity index (χ2v) is 5.90. The molecule has 2 N–H and O–H groups in total. The van der Waals surface area contributed by atoms with Crippen LogP contribution >= 0.6 is 11.8 Å². The van der Waals surface area contributed by atoms with E-state index in [-0.39, 0.29) is 13.3 Å². The van der Waals surface area contributed by atoms with Crippen molar-refractivity contribution < 1.29 is 19.1 Å². The van der Waals surface area contributed by atoms with Crippen molar-refractivity contribution in [3.05, 3.63) is 48.0 Å². The van der Waals surface area contributed by atoms with Gasteiger partial charge in [-0.2, -0.15) is 5.26 Å². The maximum atomic E-state index is 11.9. The molecular weight excluding hydrogens is 342 g/mol. The number of anilines is 1. The lowest BCUT2D eigenvalue weighted by molar-refractivity contribution is -0.136. The third-order valence-corrected chi connectivity index (χ3v) is 3.97. The number of hydrogen-bond donors (Lipinski definition) is 2. The lowest BCUT2D eigenvalue weighted by Crippen LogP contribution is -2.34. The summed E-state index contributed by atoms with van der Waals surface area (Å²) in [6, 6.07) is 11.9. The average molecular weight is 355 g/mol. The van der Waals surface area contributed by atoms with Gasteiger partial charge >= 0.3 is 11.8 Å². The number of thioether (sulfide) groups is 1. The van der Waals surface area contributed by atoms with E-state index >= 15 is 0 Å². The summed E-state index contributed by atoms with van der Waals surface area (Å²) in [4.78, 5) is 24.6. The number of thiocyanates is 1. The Hall–Kier alpha value is -3.18. The Morgan fingerprint density at radius 3 is 2.60 bits per heavy atom. The van der Waals surface area contributed by atoms with Crippen LogP contribution in [0.5, 0.6) is 11.5 Å². The van der Waals surface area contributed by atoms with E-state index in [9.17, 15) is 9.59 Å². The molecule has 126 valence electrons. The molecule has 1 aliphatic rings. The molecule has 0 saturated heterocycles. The second kappa shape index (κ2) is 7.59. The first-order chi connectivity index (χ1) is 12.2. The fraction of sp³-hybridized carbons (Fsp3) is 0.118. The van der Waals surface area contributed by atoms with Gasteiger partial charge in [-0.15, -0.1) is 0 Å². The summed E-state index contributed by atoms with van der Waals surface area (Å²) in [6.45, 7) is 0.375. The Bertz CT molecular complexity index is 846. The number of nitrogens with zero attached hydrogens (tertiary/aromatic N) is 1. The van der Waals surface area contributed by atoms with E-state index in [1.165, 1.54) is 0 Å². The molecule has 3 rings (SSSR count). The smallest absolute Gasteiger partial charge is 0.313 e. The minimum absolute atomic E-state index is 0.180. The molecule has 1 heterocycles. The molecule has 0 unspecified atom stereocenters. The predicted octanol–water partition coefficient (Wildman–Crippen LogP) is 2.24. The number of ether oxygens (including phenoxy) is 2. The number of carbonyl (C=O) groups excluding carboxylic acids is 2. The second-order valence-electron chi connectivity index (χ2n) is 5.04. The summed E-state index contributed by atoms with van der Waals surface area (Å²) >= 11 is 1.02. The number of fused-ring (bicyclic) bond motifs is 1. The molecule has 0 fully saturated rings. The van der Waals surface area contributed by atoms with E-state index in [0.29, 0.717) is 17.2 Å². The largest absolute Gasteiger partial charge is 0.454 e. The van der Waals surface area contributed by atoms with E-state index in [0.717, 1.165) is 22.2 Å². The lowest BCUT2D eigenvalue weighted by atomic mass is 10.2. The number of carbonyl (C=O) groups is 2. The van der Waals surface area contributed by atoms with Crippen LogP contribution in [0.1, 0.15) is 5.56 Å². The first-order valence-electron chi connectivity index (χ1n) is 7.29. The fourth-order valence-electron chi connectivity index (χ4n) is 2.16. The van der Waals surface area contributed by atoms with Crippen LogP contribution in [0.25, 0.3) is 0 Å². The SMILES string of the molecule is N#CSc1ccc(NC(=O)C(=O)NCc2ccc3c(c2)OCO3)cc1. The van der Waals surface area contributed by atoms with Crippen LogP contribution in [-0.4, -0.2) is 18.6 Å². The van der Waals surface area contributed by atoms with Crippen molar-refractivity contribution in [1.82, 2.24) is 5.32 Å². The zero-order valence-electron chi connectivity index (χ0n) is 12.9. The van der Waals surface area contributed by atoms with Crippen molar-refractivity contribution in [3.63, 3.8) is 0 Å². The summed E-state index contributed by atoms with van der Waals surface area (Å²) in [5, 5.41) is 15.6. The molecule has 2 amide bonds. The molecule has 0 aromatic heterocycles. The van der Waals surface area contributed by atoms with Gasteiger partial charge in [0.25, 0.3) is 0 Å². The van der Waals surface area contributed by atoms with Gasteiger partial charge in [0.15, 0.2) is 11.5 Å². The molecule has 0 saturated carbocycles. The highest BCUT2D eigenvalue weighted by atomic mass is 32.2. The molecule has 2 aromatic carbocycles. The maximum Gasteiger partial charge on any atom is 0.313 e. The van der Waals surface area contributed by atoms with E-state index in [4.69, 9.17) is 14.7 Å². The lowest BCUT2D eigenvalue weighted by Gasteiger charge is -2.07. The first kappa shape index (κ1) is 16.7. The summed E-state index contributed by atoms with van der Waals surface area (Å²) in [6.07, 6.45) is 0. The molecule has 25 heavy (non-hydrogen) atoms. The molecule has 8 heteroatoms. The minimum atomic E-state index is -0.763. The van der Waals surface area contributed by atoms with Crippen molar-refractivity contribution in [2.45, 2.75) is 11.4 Å². The number of rotatable bonds is 4. The van der Waals surface area contributed by atoms with Crippen LogP contribution in [0.3, 0.4) is 0 Å². The van der Waals surface area contributed by atoms with Gasteiger partial charge in [0.1, 0.15) is 5.40 Å². The summed E-state index contributed by atoms with van der Waals surface area (Å²) < 4.78 is 10.5. The Morgan fingerprint density at radius 2 is 1.84 bits per heavy atom. The summed E-state index contributed by atoms with van der Waals surface area (Å²) in [7, 11) is 0. The van der Waals surface area contributed by atoms with Gasteiger partial charge in [-0.3, -0.25) is 9.59 Å². The van der Waals surface area contributed by atoms with Crippen molar-refractivity contribution in [3.8, 4) is 16.9 Å². The molecule has 1 aliphatic heterocycles. The van der Waals surface area contributed by atoms with E-state index in [1.54, 1.807) is 42.5 Å². The van der Waals surface area contributed by atoms with Gasteiger partial charge in [0, 0.05) is 17.1 Å². The van der Waals surface area contributed by atoms with Crippen LogP contribution < -0.4 is 20.1 Å². The molecule has 0 aliphatic carbocycles. The first-order valence-corrected chi connectivity index (χ1v) is 8.11. The zero-order chi connectivity index (χ0) is 17.6. The van der Waals surface area contributed by atoms with E-state index in [2.05, 4.69) is 10.6 Å². The van der Waals surface area contributed by atoms with Gasteiger partial charge in [-0.1, -0.05) is 6.07 Å². The molecule has 7 nitrogen and oxygen atoms in total. The third-order valence-electron chi connectivity index (χ3n) is 3.37. The van der Waals surface area contributed by atoms with Gasteiger partial charge < -0.3 is 20.1 Å².